The van der Waals surface area contributed by atoms with E-state index < -0.39 is 0 Å². The number of hydrogen-bond donors (Lipinski definition) is 2. The molecule has 1 amide bonds. The second-order valence-electron chi connectivity index (χ2n) is 4.50. The lowest BCUT2D eigenvalue weighted by Crippen LogP contribution is -2.28. The van der Waals surface area contributed by atoms with Crippen LogP contribution in [0.4, 0.5) is 5.69 Å². The number of carbonyl (C=O) groups is 1. The molecule has 0 unspecified atom stereocenters. The molecule has 0 spiro atoms. The summed E-state index contributed by atoms with van der Waals surface area (Å²) in [4.78, 5) is 11.9. The highest BCUT2D eigenvalue weighted by molar-refractivity contribution is 5.94. The maximum atomic E-state index is 11.9. The second-order valence-corrected chi connectivity index (χ2v) is 4.50. The Balaban J connectivity index is 2.51. The van der Waals surface area contributed by atoms with Crippen LogP contribution >= 0.6 is 0 Å². The Bertz CT molecular complexity index is 355. The highest BCUT2D eigenvalue weighted by Gasteiger charge is 2.08. The van der Waals surface area contributed by atoms with E-state index in [0.29, 0.717) is 5.92 Å². The first-order chi connectivity index (χ1) is 8.71. The minimum absolute atomic E-state index is 0.0185. The Morgan fingerprint density at radius 2 is 1.72 bits per heavy atom. The van der Waals surface area contributed by atoms with E-state index in [-0.39, 0.29) is 5.91 Å². The van der Waals surface area contributed by atoms with Crippen LogP contribution in [-0.2, 0) is 0 Å². The number of anilines is 1. The molecule has 0 aliphatic rings. The number of hydrogen-bond acceptors (Lipinski definition) is 2. The van der Waals surface area contributed by atoms with Crippen LogP contribution in [0, 0.1) is 5.92 Å². The summed E-state index contributed by atoms with van der Waals surface area (Å²) < 4.78 is 0. The van der Waals surface area contributed by atoms with Crippen molar-refractivity contribution in [2.45, 2.75) is 33.6 Å². The molecule has 0 radical (unpaired) electrons. The van der Waals surface area contributed by atoms with E-state index >= 15 is 0 Å². The second kappa shape index (κ2) is 7.75. The van der Waals surface area contributed by atoms with E-state index in [1.807, 2.05) is 24.3 Å². The normalized spacial score (nSPS) is 10.4. The maximum Gasteiger partial charge on any atom is 0.251 e. The highest BCUT2D eigenvalue weighted by atomic mass is 16.1. The SMILES string of the molecule is CCNc1ccc(C(=O)NCC(CC)CC)cc1. The lowest BCUT2D eigenvalue weighted by molar-refractivity contribution is 0.0946. The molecule has 0 aliphatic carbocycles. The zero-order chi connectivity index (χ0) is 13.4. The fourth-order valence-electron chi connectivity index (χ4n) is 1.86. The van der Waals surface area contributed by atoms with E-state index in [1.54, 1.807) is 0 Å². The van der Waals surface area contributed by atoms with Crippen molar-refractivity contribution in [3.05, 3.63) is 29.8 Å². The molecule has 18 heavy (non-hydrogen) atoms. The van der Waals surface area contributed by atoms with Gasteiger partial charge in [-0.05, 0) is 37.1 Å². The molecule has 0 saturated carbocycles. The van der Waals surface area contributed by atoms with E-state index in [4.69, 9.17) is 0 Å². The number of rotatable bonds is 7. The van der Waals surface area contributed by atoms with Gasteiger partial charge in [-0.1, -0.05) is 26.7 Å². The van der Waals surface area contributed by atoms with Gasteiger partial charge in [-0.2, -0.15) is 0 Å². The molecule has 0 aliphatic heterocycles. The Morgan fingerprint density at radius 1 is 1.11 bits per heavy atom. The topological polar surface area (TPSA) is 41.1 Å². The van der Waals surface area contributed by atoms with Crippen LogP contribution in [0.2, 0.25) is 0 Å². The molecular weight excluding hydrogens is 224 g/mol. The molecule has 0 aromatic heterocycles. The molecule has 1 aromatic rings. The summed E-state index contributed by atoms with van der Waals surface area (Å²) in [6.07, 6.45) is 2.21. The first-order valence-corrected chi connectivity index (χ1v) is 6.83. The van der Waals surface area contributed by atoms with E-state index in [2.05, 4.69) is 31.4 Å². The summed E-state index contributed by atoms with van der Waals surface area (Å²) in [5.41, 5.74) is 1.77. The zero-order valence-corrected chi connectivity index (χ0v) is 11.6. The third-order valence-electron chi connectivity index (χ3n) is 3.23. The lowest BCUT2D eigenvalue weighted by Gasteiger charge is -2.13. The van der Waals surface area contributed by atoms with Crippen LogP contribution < -0.4 is 10.6 Å². The van der Waals surface area contributed by atoms with Crippen molar-refractivity contribution in [2.75, 3.05) is 18.4 Å². The minimum Gasteiger partial charge on any atom is -0.385 e. The Hall–Kier alpha value is -1.51. The van der Waals surface area contributed by atoms with Gasteiger partial charge in [0, 0.05) is 24.3 Å². The predicted octanol–water partition coefficient (Wildman–Crippen LogP) is 3.28. The minimum atomic E-state index is 0.0185. The third-order valence-corrected chi connectivity index (χ3v) is 3.23. The number of nitrogens with one attached hydrogen (secondary N) is 2. The van der Waals surface area contributed by atoms with Gasteiger partial charge in [-0.3, -0.25) is 4.79 Å². The van der Waals surface area contributed by atoms with E-state index in [9.17, 15) is 4.79 Å². The number of benzene rings is 1. The quantitative estimate of drug-likeness (QED) is 0.777. The van der Waals surface area contributed by atoms with E-state index in [0.717, 1.165) is 37.2 Å². The molecule has 1 aromatic carbocycles. The van der Waals surface area contributed by atoms with Crippen LogP contribution in [0.5, 0.6) is 0 Å². The smallest absolute Gasteiger partial charge is 0.251 e. The fraction of sp³-hybridized carbons (Fsp3) is 0.533. The molecule has 3 nitrogen and oxygen atoms in total. The summed E-state index contributed by atoms with van der Waals surface area (Å²) in [6.45, 7) is 8.02. The Morgan fingerprint density at radius 3 is 2.22 bits per heavy atom. The standard InChI is InChI=1S/C15H24N2O/c1-4-12(5-2)11-17-15(18)13-7-9-14(10-8-13)16-6-3/h7-10,12,16H,4-6,11H2,1-3H3,(H,17,18). The molecule has 0 fully saturated rings. The van der Waals surface area contributed by atoms with Crippen molar-refractivity contribution in [1.82, 2.24) is 5.32 Å². The van der Waals surface area contributed by atoms with Gasteiger partial charge in [-0.15, -0.1) is 0 Å². The van der Waals surface area contributed by atoms with Gasteiger partial charge >= 0.3 is 0 Å². The van der Waals surface area contributed by atoms with Gasteiger partial charge in [0.2, 0.25) is 0 Å². The highest BCUT2D eigenvalue weighted by Crippen LogP contribution is 2.10. The van der Waals surface area contributed by atoms with Gasteiger partial charge in [0.1, 0.15) is 0 Å². The molecule has 0 bridgehead atoms. The van der Waals surface area contributed by atoms with Crippen molar-refractivity contribution >= 4 is 11.6 Å². The molecule has 3 heteroatoms. The first kappa shape index (κ1) is 14.6. The molecule has 100 valence electrons. The van der Waals surface area contributed by atoms with Crippen LogP contribution in [-0.4, -0.2) is 19.0 Å². The van der Waals surface area contributed by atoms with Crippen molar-refractivity contribution < 1.29 is 4.79 Å². The van der Waals surface area contributed by atoms with Crippen LogP contribution in [0.1, 0.15) is 44.0 Å². The van der Waals surface area contributed by atoms with Crippen molar-refractivity contribution in [3.63, 3.8) is 0 Å². The summed E-state index contributed by atoms with van der Waals surface area (Å²) in [5.74, 6) is 0.597. The largest absolute Gasteiger partial charge is 0.385 e. The molecule has 0 atom stereocenters. The average molecular weight is 248 g/mol. The van der Waals surface area contributed by atoms with Crippen molar-refractivity contribution in [3.8, 4) is 0 Å². The van der Waals surface area contributed by atoms with Crippen LogP contribution in [0.25, 0.3) is 0 Å². The zero-order valence-electron chi connectivity index (χ0n) is 11.6. The van der Waals surface area contributed by atoms with Crippen molar-refractivity contribution in [2.24, 2.45) is 5.92 Å². The Kier molecular flexibility index (Phi) is 6.26. The van der Waals surface area contributed by atoms with Gasteiger partial charge in [-0.25, -0.2) is 0 Å². The average Bonchev–Trinajstić information content (AvgIpc) is 2.41. The third kappa shape index (κ3) is 4.40. The monoisotopic (exact) mass is 248 g/mol. The molecule has 0 saturated heterocycles. The molecular formula is C15H24N2O. The van der Waals surface area contributed by atoms with Crippen molar-refractivity contribution in [1.29, 1.82) is 0 Å². The summed E-state index contributed by atoms with van der Waals surface area (Å²) in [5, 5.41) is 6.20. The predicted molar refractivity (Wildman–Crippen MR) is 77.0 cm³/mol. The lowest BCUT2D eigenvalue weighted by atomic mass is 10.0. The molecule has 2 N–H and O–H groups in total. The summed E-state index contributed by atoms with van der Waals surface area (Å²) in [6, 6.07) is 7.60. The van der Waals surface area contributed by atoms with Gasteiger partial charge in [0.25, 0.3) is 5.91 Å². The first-order valence-electron chi connectivity index (χ1n) is 6.83. The number of amides is 1. The number of carbonyl (C=O) groups excluding carboxylic acids is 1. The fourth-order valence-corrected chi connectivity index (χ4v) is 1.86. The van der Waals surface area contributed by atoms with E-state index in [1.165, 1.54) is 0 Å². The van der Waals surface area contributed by atoms with Crippen LogP contribution in [0.3, 0.4) is 0 Å². The van der Waals surface area contributed by atoms with Gasteiger partial charge in [0.05, 0.1) is 0 Å². The van der Waals surface area contributed by atoms with Crippen LogP contribution in [0.15, 0.2) is 24.3 Å². The maximum absolute atomic E-state index is 11.9. The summed E-state index contributed by atoms with van der Waals surface area (Å²) >= 11 is 0. The van der Waals surface area contributed by atoms with Gasteiger partial charge < -0.3 is 10.6 Å². The Labute approximate surface area is 110 Å². The molecule has 0 heterocycles. The molecule has 1 rings (SSSR count). The summed E-state index contributed by atoms with van der Waals surface area (Å²) in [7, 11) is 0. The van der Waals surface area contributed by atoms with Gasteiger partial charge in [0.15, 0.2) is 0 Å².